The maximum Gasteiger partial charge on any atom is 0.248 e. The largest absolute Gasteiger partial charge is 0.319 e. The van der Waals surface area contributed by atoms with Crippen molar-refractivity contribution >= 4 is 19.8 Å². The Hall–Kier alpha value is -1.57. The van der Waals surface area contributed by atoms with Crippen LogP contribution >= 0.6 is 8.45 Å². The lowest BCUT2D eigenvalue weighted by Gasteiger charge is -2.61. The Labute approximate surface area is 276 Å². The van der Waals surface area contributed by atoms with Crippen LogP contribution in [0, 0.1) is 52.3 Å². The van der Waals surface area contributed by atoms with Crippen LogP contribution < -0.4 is 9.34 Å². The molecule has 4 heteroatoms. The van der Waals surface area contributed by atoms with Crippen molar-refractivity contribution in [1.82, 2.24) is 0 Å². The van der Waals surface area contributed by atoms with Gasteiger partial charge in [-0.2, -0.15) is 0 Å². The van der Waals surface area contributed by atoms with Gasteiger partial charge in [-0.1, -0.05) is 90.3 Å². The Morgan fingerprint density at radius 1 is 0.733 bits per heavy atom. The molecular formula is C41H61N2OP. The van der Waals surface area contributed by atoms with Crippen molar-refractivity contribution in [2.24, 2.45) is 52.3 Å². The first-order chi connectivity index (χ1) is 21.8. The summed E-state index contributed by atoms with van der Waals surface area (Å²) in [6.45, 7) is 15.0. The van der Waals surface area contributed by atoms with Crippen molar-refractivity contribution in [3.8, 4) is 0 Å². The molecule has 0 bridgehead atoms. The molecule has 1 saturated heterocycles. The normalized spacial score (nSPS) is 37.4. The van der Waals surface area contributed by atoms with Crippen molar-refractivity contribution in [1.29, 1.82) is 0 Å². The maximum absolute atomic E-state index is 7.31. The molecule has 0 radical (unpaired) electrons. The number of nitrogens with zero attached hydrogens (tertiary/aromatic N) is 2. The number of rotatable bonds is 9. The van der Waals surface area contributed by atoms with E-state index in [1.54, 1.807) is 0 Å². The van der Waals surface area contributed by atoms with Crippen molar-refractivity contribution in [2.75, 3.05) is 22.4 Å². The van der Waals surface area contributed by atoms with Gasteiger partial charge in [-0.15, -0.1) is 0 Å². The molecule has 3 nitrogen and oxygen atoms in total. The van der Waals surface area contributed by atoms with E-state index in [4.69, 9.17) is 4.52 Å². The molecule has 1 aliphatic heterocycles. The molecule has 4 aliphatic carbocycles. The molecule has 6 unspecified atom stereocenters. The molecule has 45 heavy (non-hydrogen) atoms. The molecule has 0 spiro atoms. The molecule has 7 rings (SSSR count). The van der Waals surface area contributed by atoms with Crippen LogP contribution in [0.4, 0.5) is 11.4 Å². The SMILES string of the molecule is CC(C)CCCC(C)C1CCC2C3CCC4C[C@@H](OP5N(c6ccccc6)CCN5c5ccccc5)CC[C@]4(C)C3CC[C@]12C. The molecule has 246 valence electrons. The lowest BCUT2D eigenvalue weighted by Crippen LogP contribution is -2.54. The third-order valence-electron chi connectivity index (χ3n) is 14.1. The standard InChI is InChI=1S/C41H61N2OP/c1-30(2)13-12-14-31(3)37-21-22-38-36-20-19-32-29-35(23-25-40(32,4)39(36)24-26-41(37,38)5)44-45-42(33-15-8-6-9-16-33)27-28-43(45)34-17-10-7-11-18-34/h6-11,15-18,30-32,35-39H,12-14,19-29H2,1-5H3/t31?,32?,35-,36?,37?,38?,39?,40-,41+/m0/s1. The zero-order chi connectivity index (χ0) is 31.2. The predicted molar refractivity (Wildman–Crippen MR) is 192 cm³/mol. The van der Waals surface area contributed by atoms with Crippen LogP contribution in [-0.2, 0) is 4.52 Å². The molecule has 0 N–H and O–H groups in total. The molecule has 4 saturated carbocycles. The van der Waals surface area contributed by atoms with E-state index in [9.17, 15) is 0 Å². The minimum Gasteiger partial charge on any atom is -0.319 e. The Morgan fingerprint density at radius 2 is 1.36 bits per heavy atom. The van der Waals surface area contributed by atoms with E-state index in [2.05, 4.69) is 105 Å². The van der Waals surface area contributed by atoms with Crippen LogP contribution in [-0.4, -0.2) is 19.2 Å². The van der Waals surface area contributed by atoms with Crippen molar-refractivity contribution in [2.45, 2.75) is 118 Å². The van der Waals surface area contributed by atoms with Crippen LogP contribution in [0.3, 0.4) is 0 Å². The highest BCUT2D eigenvalue weighted by atomic mass is 31.2. The quantitative estimate of drug-likeness (QED) is 0.257. The van der Waals surface area contributed by atoms with Gasteiger partial charge in [0, 0.05) is 24.5 Å². The summed E-state index contributed by atoms with van der Waals surface area (Å²) in [5.74, 6) is 6.40. The highest BCUT2D eigenvalue weighted by Gasteiger charge is 2.60. The fourth-order valence-electron chi connectivity index (χ4n) is 11.7. The van der Waals surface area contributed by atoms with E-state index >= 15 is 0 Å². The maximum atomic E-state index is 7.31. The highest BCUT2D eigenvalue weighted by molar-refractivity contribution is 7.56. The first-order valence-corrected chi connectivity index (χ1v) is 20.1. The van der Waals surface area contributed by atoms with E-state index in [1.807, 2.05) is 0 Å². The molecule has 9 atom stereocenters. The van der Waals surface area contributed by atoms with Gasteiger partial charge in [0.2, 0.25) is 8.45 Å². The zero-order valence-electron chi connectivity index (χ0n) is 29.0. The van der Waals surface area contributed by atoms with E-state index in [0.717, 1.165) is 54.5 Å². The summed E-state index contributed by atoms with van der Waals surface area (Å²) in [5.41, 5.74) is 3.70. The van der Waals surface area contributed by atoms with Gasteiger partial charge >= 0.3 is 0 Å². The second-order valence-electron chi connectivity index (χ2n) is 16.9. The number of hydrogen-bond donors (Lipinski definition) is 0. The monoisotopic (exact) mass is 628 g/mol. The average Bonchev–Trinajstić information content (AvgIpc) is 3.62. The summed E-state index contributed by atoms with van der Waals surface area (Å²) in [6, 6.07) is 22.0. The number of anilines is 2. The van der Waals surface area contributed by atoms with Gasteiger partial charge in [-0.25, -0.2) is 0 Å². The minimum absolute atomic E-state index is 0.373. The Bertz CT molecular complexity index is 1210. The second kappa shape index (κ2) is 13.1. The third kappa shape index (κ3) is 6.01. The van der Waals surface area contributed by atoms with E-state index < -0.39 is 8.45 Å². The van der Waals surface area contributed by atoms with Gasteiger partial charge in [-0.3, -0.25) is 0 Å². The Kier molecular flexibility index (Phi) is 9.35. The Balaban J connectivity index is 1.03. The summed E-state index contributed by atoms with van der Waals surface area (Å²) in [5, 5.41) is 0. The first kappa shape index (κ1) is 32.0. The lowest BCUT2D eigenvalue weighted by molar-refractivity contribution is -0.126. The van der Waals surface area contributed by atoms with Crippen molar-refractivity contribution in [3.05, 3.63) is 60.7 Å². The fourth-order valence-corrected chi connectivity index (χ4v) is 13.9. The predicted octanol–water partition coefficient (Wildman–Crippen LogP) is 11.7. The number of para-hydroxylation sites is 2. The first-order valence-electron chi connectivity index (χ1n) is 18.9. The average molecular weight is 629 g/mol. The third-order valence-corrected chi connectivity index (χ3v) is 16.3. The molecule has 2 aromatic rings. The van der Waals surface area contributed by atoms with Gasteiger partial charge in [0.15, 0.2) is 0 Å². The second-order valence-corrected chi connectivity index (χ2v) is 18.5. The van der Waals surface area contributed by atoms with Crippen molar-refractivity contribution in [3.63, 3.8) is 0 Å². The number of fused-ring (bicyclic) bond motifs is 5. The van der Waals surface area contributed by atoms with Gasteiger partial charge in [0.1, 0.15) is 0 Å². The topological polar surface area (TPSA) is 15.7 Å². The van der Waals surface area contributed by atoms with Gasteiger partial charge in [-0.05, 0) is 134 Å². The molecule has 5 aliphatic rings. The van der Waals surface area contributed by atoms with Crippen LogP contribution in [0.25, 0.3) is 0 Å². The fraction of sp³-hybridized carbons (Fsp3) is 0.707. The highest BCUT2D eigenvalue weighted by Crippen LogP contribution is 2.69. The summed E-state index contributed by atoms with van der Waals surface area (Å²) in [4.78, 5) is 0. The van der Waals surface area contributed by atoms with Crippen LogP contribution in [0.2, 0.25) is 0 Å². The Morgan fingerprint density at radius 3 is 2.00 bits per heavy atom. The molecule has 1 heterocycles. The van der Waals surface area contributed by atoms with Gasteiger partial charge in [0.25, 0.3) is 0 Å². The summed E-state index contributed by atoms with van der Waals surface area (Å²) in [7, 11) is -0.872. The van der Waals surface area contributed by atoms with Gasteiger partial charge in [0.05, 0.1) is 6.10 Å². The summed E-state index contributed by atoms with van der Waals surface area (Å²) in [6.07, 6.45) is 17.4. The molecule has 0 amide bonds. The summed E-state index contributed by atoms with van der Waals surface area (Å²) >= 11 is 0. The van der Waals surface area contributed by atoms with Crippen molar-refractivity contribution < 1.29 is 4.52 Å². The van der Waals surface area contributed by atoms with E-state index in [-0.39, 0.29) is 0 Å². The lowest BCUT2D eigenvalue weighted by atomic mass is 9.44. The zero-order valence-corrected chi connectivity index (χ0v) is 29.9. The van der Waals surface area contributed by atoms with Crippen LogP contribution in [0.15, 0.2) is 60.7 Å². The number of benzene rings is 2. The molecule has 5 fully saturated rings. The van der Waals surface area contributed by atoms with Crippen LogP contribution in [0.1, 0.15) is 112 Å². The molecule has 0 aromatic heterocycles. The molecule has 2 aromatic carbocycles. The van der Waals surface area contributed by atoms with E-state index in [0.29, 0.717) is 16.9 Å². The smallest absolute Gasteiger partial charge is 0.248 e. The minimum atomic E-state index is -0.872. The number of hydrogen-bond acceptors (Lipinski definition) is 3. The van der Waals surface area contributed by atoms with E-state index in [1.165, 1.54) is 88.4 Å². The summed E-state index contributed by atoms with van der Waals surface area (Å²) < 4.78 is 12.4. The van der Waals surface area contributed by atoms with Crippen LogP contribution in [0.5, 0.6) is 0 Å². The van der Waals surface area contributed by atoms with Gasteiger partial charge < -0.3 is 13.9 Å². The molecular weight excluding hydrogens is 567 g/mol.